The quantitative estimate of drug-likeness (QED) is 0.372. The maximum atomic E-state index is 12.7. The molecule has 1 amide bonds. The predicted molar refractivity (Wildman–Crippen MR) is 156 cm³/mol. The Morgan fingerprint density at radius 2 is 1.50 bits per heavy atom. The SMILES string of the molecule is O=C(Nc1ccccc1-c1ccccc1)OC1CCN(CCCN2CCN(c3cccc(Cl)c3)CC2)CC1. The van der Waals surface area contributed by atoms with E-state index in [0.717, 1.165) is 87.0 Å². The smallest absolute Gasteiger partial charge is 0.411 e. The number of nitrogens with one attached hydrogen (secondary N) is 1. The number of piperidine rings is 1. The van der Waals surface area contributed by atoms with Crippen LogP contribution in [-0.4, -0.2) is 74.4 Å². The maximum absolute atomic E-state index is 12.7. The van der Waals surface area contributed by atoms with Gasteiger partial charge in [-0.3, -0.25) is 10.2 Å². The van der Waals surface area contributed by atoms with Crippen LogP contribution in [0.3, 0.4) is 0 Å². The Kier molecular flexibility index (Phi) is 9.18. The van der Waals surface area contributed by atoms with Crippen molar-refractivity contribution in [2.24, 2.45) is 0 Å². The van der Waals surface area contributed by atoms with Gasteiger partial charge in [0.2, 0.25) is 0 Å². The molecule has 2 saturated heterocycles. The standard InChI is InChI=1S/C31H37ClN4O2/c32-26-10-6-11-27(24-26)36-22-20-35(21-23-36)17-7-16-34-18-14-28(15-19-34)38-31(37)33-30-13-5-4-12-29(30)25-8-2-1-3-9-25/h1-6,8-13,24,28H,7,14-23H2,(H,33,37). The second-order valence-corrected chi connectivity index (χ2v) is 10.6. The second-order valence-electron chi connectivity index (χ2n) is 10.1. The first-order chi connectivity index (χ1) is 18.6. The lowest BCUT2D eigenvalue weighted by Gasteiger charge is -2.37. The fourth-order valence-electron chi connectivity index (χ4n) is 5.42. The first-order valence-corrected chi connectivity index (χ1v) is 14.1. The number of benzene rings is 3. The number of halogens is 1. The number of nitrogens with zero attached hydrogens (tertiary/aromatic N) is 3. The molecule has 1 N–H and O–H groups in total. The third kappa shape index (κ3) is 7.28. The lowest BCUT2D eigenvalue weighted by molar-refractivity contribution is 0.0576. The minimum Gasteiger partial charge on any atom is -0.446 e. The van der Waals surface area contributed by atoms with E-state index in [1.807, 2.05) is 66.7 Å². The highest BCUT2D eigenvalue weighted by Crippen LogP contribution is 2.28. The molecule has 2 aliphatic rings. The van der Waals surface area contributed by atoms with E-state index < -0.39 is 0 Å². The summed E-state index contributed by atoms with van der Waals surface area (Å²) < 4.78 is 5.79. The van der Waals surface area contributed by atoms with Gasteiger partial charge < -0.3 is 14.5 Å². The van der Waals surface area contributed by atoms with Crippen LogP contribution in [0.15, 0.2) is 78.9 Å². The highest BCUT2D eigenvalue weighted by atomic mass is 35.5. The van der Waals surface area contributed by atoms with E-state index in [1.54, 1.807) is 0 Å². The molecule has 2 heterocycles. The lowest BCUT2D eigenvalue weighted by Crippen LogP contribution is -2.47. The number of likely N-dealkylation sites (tertiary alicyclic amines) is 1. The van der Waals surface area contributed by atoms with Crippen molar-refractivity contribution >= 4 is 29.1 Å². The van der Waals surface area contributed by atoms with Crippen molar-refractivity contribution in [3.63, 3.8) is 0 Å². The zero-order valence-corrected chi connectivity index (χ0v) is 22.7. The maximum Gasteiger partial charge on any atom is 0.411 e. The van der Waals surface area contributed by atoms with Crippen LogP contribution in [0, 0.1) is 0 Å². The van der Waals surface area contributed by atoms with Crippen LogP contribution >= 0.6 is 11.6 Å². The van der Waals surface area contributed by atoms with E-state index in [2.05, 4.69) is 32.1 Å². The summed E-state index contributed by atoms with van der Waals surface area (Å²) >= 11 is 6.16. The summed E-state index contributed by atoms with van der Waals surface area (Å²) in [4.78, 5) is 20.1. The largest absolute Gasteiger partial charge is 0.446 e. The van der Waals surface area contributed by atoms with Crippen molar-refractivity contribution in [2.45, 2.75) is 25.4 Å². The van der Waals surface area contributed by atoms with Crippen molar-refractivity contribution in [1.82, 2.24) is 9.80 Å². The summed E-state index contributed by atoms with van der Waals surface area (Å²) in [5.41, 5.74) is 4.05. The Morgan fingerprint density at radius 1 is 0.816 bits per heavy atom. The number of rotatable bonds is 8. The fraction of sp³-hybridized carbons (Fsp3) is 0.387. The fourth-order valence-corrected chi connectivity index (χ4v) is 5.61. The van der Waals surface area contributed by atoms with Gasteiger partial charge in [-0.05, 0) is 62.2 Å². The number of carbonyl (C=O) groups is 1. The molecule has 0 spiro atoms. The number of carbonyl (C=O) groups excluding carboxylic acids is 1. The van der Waals surface area contributed by atoms with E-state index in [4.69, 9.17) is 16.3 Å². The molecule has 7 heteroatoms. The molecule has 2 aliphatic heterocycles. The van der Waals surface area contributed by atoms with E-state index >= 15 is 0 Å². The van der Waals surface area contributed by atoms with Gasteiger partial charge >= 0.3 is 6.09 Å². The molecule has 200 valence electrons. The van der Waals surface area contributed by atoms with Crippen LogP contribution in [0.1, 0.15) is 19.3 Å². The van der Waals surface area contributed by atoms with Crippen LogP contribution < -0.4 is 10.2 Å². The Balaban J connectivity index is 0.990. The van der Waals surface area contributed by atoms with E-state index in [9.17, 15) is 4.79 Å². The van der Waals surface area contributed by atoms with Gasteiger partial charge in [0.15, 0.2) is 0 Å². The minimum absolute atomic E-state index is 0.0327. The third-order valence-electron chi connectivity index (χ3n) is 7.55. The topological polar surface area (TPSA) is 48.1 Å². The second kappa shape index (κ2) is 13.1. The van der Waals surface area contributed by atoms with Gasteiger partial charge in [0, 0.05) is 55.5 Å². The number of hydrogen-bond donors (Lipinski definition) is 1. The van der Waals surface area contributed by atoms with Gasteiger partial charge in [0.25, 0.3) is 0 Å². The van der Waals surface area contributed by atoms with Crippen molar-refractivity contribution in [1.29, 1.82) is 0 Å². The van der Waals surface area contributed by atoms with Crippen LogP contribution in [0.4, 0.5) is 16.2 Å². The molecule has 0 bridgehead atoms. The van der Waals surface area contributed by atoms with Gasteiger partial charge in [0.05, 0.1) is 5.69 Å². The van der Waals surface area contributed by atoms with Crippen molar-refractivity contribution in [3.8, 4) is 11.1 Å². The molecule has 0 atom stereocenters. The average molecular weight is 533 g/mol. The van der Waals surface area contributed by atoms with E-state index in [-0.39, 0.29) is 12.2 Å². The molecule has 0 aliphatic carbocycles. The summed E-state index contributed by atoms with van der Waals surface area (Å²) in [7, 11) is 0. The van der Waals surface area contributed by atoms with E-state index in [1.165, 1.54) is 12.1 Å². The zero-order chi connectivity index (χ0) is 26.2. The van der Waals surface area contributed by atoms with Crippen LogP contribution in [0.5, 0.6) is 0 Å². The number of anilines is 2. The summed E-state index contributed by atoms with van der Waals surface area (Å²) in [6.07, 6.45) is 2.52. The molecule has 0 unspecified atom stereocenters. The molecular formula is C31H37ClN4O2. The van der Waals surface area contributed by atoms with Crippen LogP contribution in [0.25, 0.3) is 11.1 Å². The number of amides is 1. The molecular weight excluding hydrogens is 496 g/mol. The van der Waals surface area contributed by atoms with Crippen LogP contribution in [0.2, 0.25) is 5.02 Å². The van der Waals surface area contributed by atoms with Crippen molar-refractivity contribution in [2.75, 3.05) is 62.6 Å². The molecule has 5 rings (SSSR count). The number of hydrogen-bond acceptors (Lipinski definition) is 5. The summed E-state index contributed by atoms with van der Waals surface area (Å²) in [5.74, 6) is 0. The Hall–Kier alpha value is -3.06. The highest BCUT2D eigenvalue weighted by Gasteiger charge is 2.23. The summed E-state index contributed by atoms with van der Waals surface area (Å²) in [5, 5.41) is 3.76. The first kappa shape index (κ1) is 26.5. The molecule has 3 aromatic carbocycles. The Bertz CT molecular complexity index is 1180. The Morgan fingerprint density at radius 3 is 2.24 bits per heavy atom. The van der Waals surface area contributed by atoms with Gasteiger partial charge in [-0.2, -0.15) is 0 Å². The summed E-state index contributed by atoms with van der Waals surface area (Å²) in [6.45, 7) is 8.43. The summed E-state index contributed by atoms with van der Waals surface area (Å²) in [6, 6.07) is 26.1. The Labute approximate surface area is 231 Å². The number of piperazine rings is 1. The van der Waals surface area contributed by atoms with E-state index in [0.29, 0.717) is 0 Å². The van der Waals surface area contributed by atoms with Gasteiger partial charge in [0.1, 0.15) is 6.10 Å². The van der Waals surface area contributed by atoms with Crippen LogP contribution in [-0.2, 0) is 4.74 Å². The van der Waals surface area contributed by atoms with Gasteiger partial charge in [-0.15, -0.1) is 0 Å². The molecule has 3 aromatic rings. The van der Waals surface area contributed by atoms with Crippen molar-refractivity contribution < 1.29 is 9.53 Å². The predicted octanol–water partition coefficient (Wildman–Crippen LogP) is 6.23. The highest BCUT2D eigenvalue weighted by molar-refractivity contribution is 6.30. The third-order valence-corrected chi connectivity index (χ3v) is 7.79. The van der Waals surface area contributed by atoms with Crippen molar-refractivity contribution in [3.05, 3.63) is 83.9 Å². The number of ether oxygens (including phenoxy) is 1. The first-order valence-electron chi connectivity index (χ1n) is 13.7. The zero-order valence-electron chi connectivity index (χ0n) is 21.9. The minimum atomic E-state index is -0.372. The normalized spacial score (nSPS) is 17.3. The molecule has 2 fully saturated rings. The number of para-hydroxylation sites is 1. The molecule has 38 heavy (non-hydrogen) atoms. The molecule has 0 aromatic heterocycles. The van der Waals surface area contributed by atoms with Gasteiger partial charge in [-0.25, -0.2) is 4.79 Å². The molecule has 0 radical (unpaired) electrons. The average Bonchev–Trinajstić information content (AvgIpc) is 2.95. The molecule has 6 nitrogen and oxygen atoms in total. The van der Waals surface area contributed by atoms with Gasteiger partial charge in [-0.1, -0.05) is 66.2 Å². The monoisotopic (exact) mass is 532 g/mol. The molecule has 0 saturated carbocycles. The lowest BCUT2D eigenvalue weighted by atomic mass is 10.0.